The summed E-state index contributed by atoms with van der Waals surface area (Å²) < 4.78 is 0.645. The molecule has 7 heteroatoms. The van der Waals surface area contributed by atoms with E-state index >= 15 is 0 Å². The highest BCUT2D eigenvalue weighted by atomic mass is 32.1. The molecule has 0 spiro atoms. The zero-order valence-corrected chi connectivity index (χ0v) is 20.9. The van der Waals surface area contributed by atoms with Crippen LogP contribution < -0.4 is 15.8 Å². The monoisotopic (exact) mass is 486 g/mol. The summed E-state index contributed by atoms with van der Waals surface area (Å²) in [5.74, 6) is 0.957. The fraction of sp³-hybridized carbons (Fsp3) is 0.321. The minimum Gasteiger partial charge on any atom is -0.355 e. The van der Waals surface area contributed by atoms with Crippen LogP contribution in [0.4, 0.5) is 5.95 Å². The molecule has 1 aliphatic heterocycles. The lowest BCUT2D eigenvalue weighted by Crippen LogP contribution is -2.42. The van der Waals surface area contributed by atoms with Crippen LogP contribution in [0.2, 0.25) is 0 Å². The van der Waals surface area contributed by atoms with Gasteiger partial charge in [0.15, 0.2) is 0 Å². The van der Waals surface area contributed by atoms with Gasteiger partial charge in [-0.1, -0.05) is 67.1 Å². The number of aryl methyl sites for hydroxylation is 1. The third kappa shape index (κ3) is 5.00. The molecule has 4 aromatic rings. The second-order valence-electron chi connectivity index (χ2n) is 9.40. The number of aromatic amines is 1. The molecule has 180 valence electrons. The van der Waals surface area contributed by atoms with Gasteiger partial charge in [-0.2, -0.15) is 0 Å². The highest BCUT2D eigenvalue weighted by Crippen LogP contribution is 2.32. The van der Waals surface area contributed by atoms with Gasteiger partial charge in [-0.3, -0.25) is 14.6 Å². The van der Waals surface area contributed by atoms with Gasteiger partial charge in [0.05, 0.1) is 5.52 Å². The van der Waals surface area contributed by atoms with Crippen molar-refractivity contribution >= 4 is 33.4 Å². The van der Waals surface area contributed by atoms with Gasteiger partial charge in [-0.15, -0.1) is 11.3 Å². The standard InChI is InChI=1S/C28H30N4O2S/c1-18-7-6-10-22(15-18)23-17-35-25-24(23)30-28(31-27(25)34)32-13-11-21(12-14-32)26(33)29-16-19(2)20-8-4-3-5-9-20/h3-10,15,17,19,21H,11-14,16H2,1-2H3,(H,29,33)(H,30,31,34). The summed E-state index contributed by atoms with van der Waals surface area (Å²) in [6, 6.07) is 18.5. The van der Waals surface area contributed by atoms with Crippen LogP contribution in [0.25, 0.3) is 21.3 Å². The van der Waals surface area contributed by atoms with Gasteiger partial charge in [-0.05, 0) is 36.8 Å². The maximum absolute atomic E-state index is 12.8. The van der Waals surface area contributed by atoms with E-state index < -0.39 is 0 Å². The number of rotatable bonds is 6. The topological polar surface area (TPSA) is 78.1 Å². The number of piperidine rings is 1. The van der Waals surface area contributed by atoms with Crippen molar-refractivity contribution in [3.8, 4) is 11.1 Å². The van der Waals surface area contributed by atoms with Gasteiger partial charge in [0.2, 0.25) is 11.9 Å². The van der Waals surface area contributed by atoms with E-state index in [1.54, 1.807) is 0 Å². The van der Waals surface area contributed by atoms with Crippen molar-refractivity contribution in [3.63, 3.8) is 0 Å². The van der Waals surface area contributed by atoms with Crippen LogP contribution in [0.15, 0.2) is 64.8 Å². The second kappa shape index (κ2) is 10.0. The van der Waals surface area contributed by atoms with Crippen LogP contribution in [0.3, 0.4) is 0 Å². The smallest absolute Gasteiger partial charge is 0.270 e. The van der Waals surface area contributed by atoms with E-state index in [9.17, 15) is 9.59 Å². The Hall–Kier alpha value is -3.45. The molecule has 1 amide bonds. The Kier molecular flexibility index (Phi) is 6.68. The van der Waals surface area contributed by atoms with Crippen LogP contribution in [0.1, 0.15) is 36.8 Å². The van der Waals surface area contributed by atoms with Crippen LogP contribution >= 0.6 is 11.3 Å². The molecule has 0 radical (unpaired) electrons. The average Bonchev–Trinajstić information content (AvgIpc) is 3.32. The highest BCUT2D eigenvalue weighted by molar-refractivity contribution is 7.17. The molecule has 35 heavy (non-hydrogen) atoms. The molecule has 0 aliphatic carbocycles. The number of fused-ring (bicyclic) bond motifs is 1. The Bertz CT molecular complexity index is 1390. The Balaban J connectivity index is 1.25. The normalized spacial score (nSPS) is 15.3. The molecule has 1 fully saturated rings. The third-order valence-corrected chi connectivity index (χ3v) is 7.83. The Morgan fingerprint density at radius 1 is 1.17 bits per heavy atom. The lowest BCUT2D eigenvalue weighted by molar-refractivity contribution is -0.125. The first-order valence-electron chi connectivity index (χ1n) is 12.2. The molecule has 1 saturated heterocycles. The van der Waals surface area contributed by atoms with E-state index in [2.05, 4.69) is 59.4 Å². The van der Waals surface area contributed by atoms with Crippen LogP contribution in [-0.4, -0.2) is 35.5 Å². The van der Waals surface area contributed by atoms with Gasteiger partial charge in [0.1, 0.15) is 4.70 Å². The molecule has 0 bridgehead atoms. The number of hydrogen-bond acceptors (Lipinski definition) is 5. The highest BCUT2D eigenvalue weighted by Gasteiger charge is 2.27. The average molecular weight is 487 g/mol. The maximum atomic E-state index is 12.8. The Labute approximate surface area is 209 Å². The number of hydrogen-bond donors (Lipinski definition) is 2. The number of carbonyl (C=O) groups is 1. The Morgan fingerprint density at radius 3 is 2.69 bits per heavy atom. The summed E-state index contributed by atoms with van der Waals surface area (Å²) >= 11 is 1.43. The number of thiophene rings is 1. The zero-order valence-electron chi connectivity index (χ0n) is 20.1. The Morgan fingerprint density at radius 2 is 1.94 bits per heavy atom. The fourth-order valence-electron chi connectivity index (χ4n) is 4.73. The van der Waals surface area contributed by atoms with Crippen molar-refractivity contribution < 1.29 is 4.79 Å². The first-order valence-corrected chi connectivity index (χ1v) is 13.0. The molecule has 2 N–H and O–H groups in total. The molecular formula is C28H30N4O2S. The van der Waals surface area contributed by atoms with Gasteiger partial charge < -0.3 is 10.2 Å². The van der Waals surface area contributed by atoms with Crippen molar-refractivity contribution in [3.05, 3.63) is 81.5 Å². The summed E-state index contributed by atoms with van der Waals surface area (Å²) in [4.78, 5) is 35.5. The predicted octanol–water partition coefficient (Wildman–Crippen LogP) is 5.10. The first-order chi connectivity index (χ1) is 17.0. The minimum absolute atomic E-state index is 0.0197. The first kappa shape index (κ1) is 23.3. The molecule has 2 aromatic heterocycles. The van der Waals surface area contributed by atoms with E-state index in [0.717, 1.165) is 29.5 Å². The van der Waals surface area contributed by atoms with E-state index in [4.69, 9.17) is 4.98 Å². The second-order valence-corrected chi connectivity index (χ2v) is 10.3. The van der Waals surface area contributed by atoms with Crippen LogP contribution in [0.5, 0.6) is 0 Å². The van der Waals surface area contributed by atoms with Crippen LogP contribution in [0, 0.1) is 12.8 Å². The van der Waals surface area contributed by atoms with E-state index in [-0.39, 0.29) is 23.3 Å². The van der Waals surface area contributed by atoms with E-state index in [0.29, 0.717) is 30.3 Å². The van der Waals surface area contributed by atoms with Crippen molar-refractivity contribution in [2.24, 2.45) is 5.92 Å². The number of anilines is 1. The van der Waals surface area contributed by atoms with Crippen molar-refractivity contribution in [1.29, 1.82) is 0 Å². The van der Waals surface area contributed by atoms with E-state index in [1.807, 2.05) is 29.6 Å². The zero-order chi connectivity index (χ0) is 24.4. The summed E-state index contributed by atoms with van der Waals surface area (Å²) in [6.07, 6.45) is 1.48. The number of benzene rings is 2. The predicted molar refractivity (Wildman–Crippen MR) is 143 cm³/mol. The van der Waals surface area contributed by atoms with Crippen molar-refractivity contribution in [1.82, 2.24) is 15.3 Å². The number of H-pyrrole nitrogens is 1. The molecular weight excluding hydrogens is 456 g/mol. The fourth-order valence-corrected chi connectivity index (χ4v) is 5.64. The molecule has 0 saturated carbocycles. The molecule has 1 aliphatic rings. The molecule has 1 unspecified atom stereocenters. The summed E-state index contributed by atoms with van der Waals surface area (Å²) in [7, 11) is 0. The summed E-state index contributed by atoms with van der Waals surface area (Å²) in [6.45, 7) is 6.20. The van der Waals surface area contributed by atoms with Crippen LogP contribution in [-0.2, 0) is 4.79 Å². The summed E-state index contributed by atoms with van der Waals surface area (Å²) in [5.41, 5.74) is 5.10. The number of amides is 1. The van der Waals surface area contributed by atoms with E-state index in [1.165, 1.54) is 22.5 Å². The van der Waals surface area contributed by atoms with Crippen molar-refractivity contribution in [2.75, 3.05) is 24.5 Å². The molecule has 3 heterocycles. The number of nitrogens with one attached hydrogen (secondary N) is 2. The van der Waals surface area contributed by atoms with Gasteiger partial charge in [-0.25, -0.2) is 4.98 Å². The SMILES string of the molecule is Cc1cccc(-c2csc3c(=O)[nH]c(N4CCC(C(=O)NCC(C)c5ccccc5)CC4)nc23)c1. The molecule has 5 rings (SSSR count). The number of aromatic nitrogens is 2. The van der Waals surface area contributed by atoms with Gasteiger partial charge >= 0.3 is 0 Å². The third-order valence-electron chi connectivity index (χ3n) is 6.86. The lowest BCUT2D eigenvalue weighted by Gasteiger charge is -2.31. The number of carbonyl (C=O) groups excluding carboxylic acids is 1. The molecule has 2 aromatic carbocycles. The molecule has 6 nitrogen and oxygen atoms in total. The van der Waals surface area contributed by atoms with Crippen molar-refractivity contribution in [2.45, 2.75) is 32.6 Å². The van der Waals surface area contributed by atoms with Gasteiger partial charge in [0, 0.05) is 36.5 Å². The quantitative estimate of drug-likeness (QED) is 0.398. The minimum atomic E-state index is -0.108. The lowest BCUT2D eigenvalue weighted by atomic mass is 9.95. The molecule has 1 atom stereocenters. The number of nitrogens with zero attached hydrogens (tertiary/aromatic N) is 2. The maximum Gasteiger partial charge on any atom is 0.270 e. The van der Waals surface area contributed by atoms with Gasteiger partial charge in [0.25, 0.3) is 5.56 Å². The summed E-state index contributed by atoms with van der Waals surface area (Å²) in [5, 5.41) is 5.15. The largest absolute Gasteiger partial charge is 0.355 e.